The molecule has 31 heavy (non-hydrogen) atoms. The van der Waals surface area contributed by atoms with Crippen LogP contribution in [-0.2, 0) is 27.3 Å². The van der Waals surface area contributed by atoms with E-state index in [9.17, 15) is 14.0 Å². The molecule has 6 nitrogen and oxygen atoms in total. The van der Waals surface area contributed by atoms with Crippen LogP contribution in [0.5, 0.6) is 0 Å². The molecule has 0 saturated carbocycles. The fourth-order valence-corrected chi connectivity index (χ4v) is 3.67. The summed E-state index contributed by atoms with van der Waals surface area (Å²) in [5.41, 5.74) is 0.729. The number of halogens is 1. The minimum atomic E-state index is -0.336. The van der Waals surface area contributed by atoms with Crippen LogP contribution in [0.15, 0.2) is 47.1 Å². The third kappa shape index (κ3) is 7.21. The first kappa shape index (κ1) is 23.0. The Morgan fingerprint density at radius 2 is 1.94 bits per heavy atom. The van der Waals surface area contributed by atoms with Crippen LogP contribution in [0.2, 0.25) is 0 Å². The third-order valence-electron chi connectivity index (χ3n) is 5.46. The van der Waals surface area contributed by atoms with Gasteiger partial charge in [0.1, 0.15) is 11.6 Å². The summed E-state index contributed by atoms with van der Waals surface area (Å²) in [6.45, 7) is 4.11. The Morgan fingerprint density at radius 1 is 1.13 bits per heavy atom. The van der Waals surface area contributed by atoms with Crippen molar-refractivity contribution in [1.29, 1.82) is 0 Å². The summed E-state index contributed by atoms with van der Waals surface area (Å²) in [4.78, 5) is 29.5. The molecule has 3 rings (SSSR count). The lowest BCUT2D eigenvalue weighted by atomic mass is 10.1. The van der Waals surface area contributed by atoms with E-state index in [0.29, 0.717) is 32.0 Å². The van der Waals surface area contributed by atoms with Crippen molar-refractivity contribution >= 4 is 11.8 Å². The first-order chi connectivity index (χ1) is 15.0. The van der Waals surface area contributed by atoms with Gasteiger partial charge in [-0.05, 0) is 49.1 Å². The molecule has 0 radical (unpaired) electrons. The molecule has 0 spiro atoms. The van der Waals surface area contributed by atoms with Gasteiger partial charge in [-0.2, -0.15) is 0 Å². The number of hydrogen-bond donors (Lipinski definition) is 0. The number of ether oxygens (including phenoxy) is 1. The highest BCUT2D eigenvalue weighted by molar-refractivity contribution is 5.86. The minimum Gasteiger partial charge on any atom is -0.467 e. The zero-order valence-corrected chi connectivity index (χ0v) is 18.1. The van der Waals surface area contributed by atoms with Crippen LogP contribution < -0.4 is 0 Å². The van der Waals surface area contributed by atoms with Gasteiger partial charge in [-0.25, -0.2) is 4.39 Å². The van der Waals surface area contributed by atoms with E-state index >= 15 is 0 Å². The van der Waals surface area contributed by atoms with E-state index < -0.39 is 0 Å². The summed E-state index contributed by atoms with van der Waals surface area (Å²) in [6, 6.07) is 9.53. The van der Waals surface area contributed by atoms with Gasteiger partial charge in [-0.15, -0.1) is 0 Å². The highest BCUT2D eigenvalue weighted by Gasteiger charge is 2.26. The number of rotatable bonds is 11. The molecule has 0 unspecified atom stereocenters. The second kappa shape index (κ2) is 11.6. The molecular formula is C24H31FN2O4. The molecule has 1 fully saturated rings. The third-order valence-corrected chi connectivity index (χ3v) is 5.46. The maximum Gasteiger partial charge on any atom is 0.242 e. The normalized spacial score (nSPS) is 15.7. The van der Waals surface area contributed by atoms with Gasteiger partial charge in [0.2, 0.25) is 11.8 Å². The molecule has 0 aliphatic carbocycles. The Morgan fingerprint density at radius 3 is 2.58 bits per heavy atom. The van der Waals surface area contributed by atoms with E-state index in [2.05, 4.69) is 0 Å². The lowest BCUT2D eigenvalue weighted by molar-refractivity contribution is -0.141. The van der Waals surface area contributed by atoms with Crippen LogP contribution in [0.3, 0.4) is 0 Å². The molecule has 2 amide bonds. The molecule has 2 aromatic rings. The van der Waals surface area contributed by atoms with Gasteiger partial charge in [0.15, 0.2) is 0 Å². The zero-order chi connectivity index (χ0) is 22.1. The molecule has 1 atom stereocenters. The molecule has 0 bridgehead atoms. The molecule has 0 N–H and O–H groups in total. The van der Waals surface area contributed by atoms with Crippen LogP contribution in [0.1, 0.15) is 43.9 Å². The van der Waals surface area contributed by atoms with Gasteiger partial charge >= 0.3 is 0 Å². The first-order valence-electron chi connectivity index (χ1n) is 11.0. The van der Waals surface area contributed by atoms with Crippen molar-refractivity contribution in [2.45, 2.75) is 51.7 Å². The summed E-state index contributed by atoms with van der Waals surface area (Å²) in [5.74, 6) is 0.0972. The van der Waals surface area contributed by atoms with Gasteiger partial charge in [0, 0.05) is 19.7 Å². The smallest absolute Gasteiger partial charge is 0.242 e. The number of carbonyl (C=O) groups is 2. The van der Waals surface area contributed by atoms with Crippen molar-refractivity contribution in [2.24, 2.45) is 0 Å². The summed E-state index contributed by atoms with van der Waals surface area (Å²) in [5, 5.41) is 0. The van der Waals surface area contributed by atoms with E-state index in [1.807, 2.05) is 13.0 Å². The highest BCUT2D eigenvalue weighted by Crippen LogP contribution is 2.16. The van der Waals surface area contributed by atoms with Crippen LogP contribution in [0.25, 0.3) is 0 Å². The average molecular weight is 431 g/mol. The van der Waals surface area contributed by atoms with Crippen molar-refractivity contribution in [2.75, 3.05) is 26.2 Å². The van der Waals surface area contributed by atoms with Gasteiger partial charge in [-0.1, -0.05) is 25.5 Å². The molecule has 1 aliphatic rings. The number of nitrogens with zero attached hydrogens (tertiary/aromatic N) is 2. The lowest BCUT2D eigenvalue weighted by Gasteiger charge is -2.29. The monoisotopic (exact) mass is 430 g/mol. The van der Waals surface area contributed by atoms with Crippen molar-refractivity contribution in [1.82, 2.24) is 9.80 Å². The molecule has 7 heteroatoms. The molecule has 1 aromatic heterocycles. The van der Waals surface area contributed by atoms with Crippen molar-refractivity contribution in [3.05, 3.63) is 59.8 Å². The van der Waals surface area contributed by atoms with Gasteiger partial charge in [0.25, 0.3) is 0 Å². The van der Waals surface area contributed by atoms with Crippen molar-refractivity contribution < 1.29 is 23.1 Å². The summed E-state index contributed by atoms with van der Waals surface area (Å²) >= 11 is 0. The number of carbonyl (C=O) groups excluding carboxylic acids is 2. The summed E-state index contributed by atoms with van der Waals surface area (Å²) in [6.07, 6.45) is 5.38. The van der Waals surface area contributed by atoms with E-state index in [-0.39, 0.29) is 36.7 Å². The largest absolute Gasteiger partial charge is 0.467 e. The minimum absolute atomic E-state index is 0.00740. The van der Waals surface area contributed by atoms with E-state index in [4.69, 9.17) is 9.15 Å². The second-order valence-electron chi connectivity index (χ2n) is 7.96. The quantitative estimate of drug-likeness (QED) is 0.544. The first-order valence-corrected chi connectivity index (χ1v) is 11.0. The SMILES string of the molecule is CCCCN(CC(=O)N(Cc1ccco1)C[C@@H]1CCCO1)C(=O)Cc1ccc(F)cc1. The molecule has 1 aliphatic heterocycles. The Kier molecular flexibility index (Phi) is 8.64. The van der Waals surface area contributed by atoms with E-state index in [1.54, 1.807) is 34.3 Å². The Balaban J connectivity index is 1.67. The Bertz CT molecular complexity index is 817. The molecule has 1 aromatic carbocycles. The van der Waals surface area contributed by atoms with E-state index in [0.717, 1.165) is 31.2 Å². The number of unbranched alkanes of at least 4 members (excludes halogenated alkanes) is 1. The second-order valence-corrected chi connectivity index (χ2v) is 7.96. The number of furan rings is 1. The van der Waals surface area contributed by atoms with Crippen molar-refractivity contribution in [3.63, 3.8) is 0 Å². The van der Waals surface area contributed by atoms with Crippen molar-refractivity contribution in [3.8, 4) is 0 Å². The van der Waals surface area contributed by atoms with Crippen LogP contribution in [-0.4, -0.2) is 54.0 Å². The summed E-state index contributed by atoms with van der Waals surface area (Å²) < 4.78 is 24.3. The molecule has 168 valence electrons. The number of hydrogen-bond acceptors (Lipinski definition) is 4. The molecule has 2 heterocycles. The average Bonchev–Trinajstić information content (AvgIpc) is 3.46. The standard InChI is InChI=1S/C24H31FN2O4/c1-2-3-12-26(23(28)15-19-8-10-20(25)11-9-19)18-24(29)27(16-21-6-4-13-30-21)17-22-7-5-14-31-22/h4,6,8-11,13,22H,2-3,5,7,12,14-18H2,1H3/t22-/m0/s1. The molecular weight excluding hydrogens is 399 g/mol. The molecule has 1 saturated heterocycles. The lowest BCUT2D eigenvalue weighted by Crippen LogP contribution is -2.45. The maximum absolute atomic E-state index is 13.2. The Hall–Kier alpha value is -2.67. The zero-order valence-electron chi connectivity index (χ0n) is 18.1. The predicted octanol–water partition coefficient (Wildman–Crippen LogP) is 3.80. The van der Waals surface area contributed by atoms with Gasteiger partial charge in [-0.3, -0.25) is 9.59 Å². The summed E-state index contributed by atoms with van der Waals surface area (Å²) in [7, 11) is 0. The van der Waals surface area contributed by atoms with Crippen LogP contribution >= 0.6 is 0 Å². The van der Waals surface area contributed by atoms with Gasteiger partial charge in [0.05, 0.1) is 31.9 Å². The van der Waals surface area contributed by atoms with Crippen LogP contribution in [0, 0.1) is 5.82 Å². The maximum atomic E-state index is 13.2. The topological polar surface area (TPSA) is 63.0 Å². The van der Waals surface area contributed by atoms with Gasteiger partial charge < -0.3 is 19.0 Å². The number of amides is 2. The Labute approximate surface area is 183 Å². The van der Waals surface area contributed by atoms with E-state index in [1.165, 1.54) is 12.1 Å². The number of benzene rings is 1. The fourth-order valence-electron chi connectivity index (χ4n) is 3.67. The fraction of sp³-hybridized carbons (Fsp3) is 0.500. The highest BCUT2D eigenvalue weighted by atomic mass is 19.1. The predicted molar refractivity (Wildman–Crippen MR) is 115 cm³/mol. The van der Waals surface area contributed by atoms with Crippen LogP contribution in [0.4, 0.5) is 4.39 Å².